The number of carbonyl (C=O) groups excluding carboxylic acids is 2. The molecule has 0 aliphatic carbocycles. The lowest BCUT2D eigenvalue weighted by Gasteiger charge is -2.34. The Morgan fingerprint density at radius 2 is 1.91 bits per heavy atom. The van der Waals surface area contributed by atoms with E-state index in [1.165, 1.54) is 5.56 Å². The summed E-state index contributed by atoms with van der Waals surface area (Å²) in [4.78, 5) is 26.8. The Labute approximate surface area is 190 Å². The number of carbonyl (C=O) groups is 2. The molecule has 2 aliphatic heterocycles. The zero-order valence-corrected chi connectivity index (χ0v) is 17.8. The predicted molar refractivity (Wildman–Crippen MR) is 117 cm³/mol. The number of amides is 3. The average molecular weight is 457 g/mol. The molecule has 174 valence electrons. The summed E-state index contributed by atoms with van der Waals surface area (Å²) in [6, 6.07) is 9.27. The van der Waals surface area contributed by atoms with Gasteiger partial charge in [-0.15, -0.1) is 0 Å². The van der Waals surface area contributed by atoms with Crippen molar-refractivity contribution in [1.82, 2.24) is 10.2 Å². The van der Waals surface area contributed by atoms with Crippen molar-refractivity contribution < 1.29 is 28.2 Å². The molecule has 0 radical (unpaired) electrons. The van der Waals surface area contributed by atoms with Gasteiger partial charge in [-0.2, -0.15) is 0 Å². The molecular formula is C24H25F2N3O4. The van der Waals surface area contributed by atoms with Crippen molar-refractivity contribution in [3.8, 4) is 0 Å². The minimum atomic E-state index is -0.794. The van der Waals surface area contributed by atoms with Gasteiger partial charge in [0.05, 0.1) is 30.9 Å². The highest BCUT2D eigenvalue weighted by molar-refractivity contribution is 5.89. The van der Waals surface area contributed by atoms with Crippen LogP contribution < -0.4 is 10.6 Å². The van der Waals surface area contributed by atoms with E-state index in [0.29, 0.717) is 13.1 Å². The lowest BCUT2D eigenvalue weighted by atomic mass is 9.99. The van der Waals surface area contributed by atoms with Crippen LogP contribution in [0.15, 0.2) is 54.6 Å². The molecule has 33 heavy (non-hydrogen) atoms. The number of hydrogen-bond donors (Lipinski definition) is 3. The highest BCUT2D eigenvalue weighted by Gasteiger charge is 2.31. The van der Waals surface area contributed by atoms with Crippen LogP contribution in [0.4, 0.5) is 19.3 Å². The Kier molecular flexibility index (Phi) is 7.00. The van der Waals surface area contributed by atoms with Gasteiger partial charge in [-0.1, -0.05) is 36.4 Å². The van der Waals surface area contributed by atoms with Gasteiger partial charge < -0.3 is 25.4 Å². The number of halogens is 2. The Morgan fingerprint density at radius 1 is 1.12 bits per heavy atom. The fraction of sp³-hybridized carbons (Fsp3) is 0.333. The number of nitrogens with one attached hydrogen (secondary N) is 2. The van der Waals surface area contributed by atoms with Crippen LogP contribution in [0.1, 0.15) is 17.5 Å². The lowest BCUT2D eigenvalue weighted by Crippen LogP contribution is -2.50. The van der Waals surface area contributed by atoms with Gasteiger partial charge >= 0.3 is 6.03 Å². The first kappa shape index (κ1) is 22.9. The summed E-state index contributed by atoms with van der Waals surface area (Å²) in [5, 5.41) is 14.5. The zero-order chi connectivity index (χ0) is 23.4. The van der Waals surface area contributed by atoms with Crippen molar-refractivity contribution in [2.75, 3.05) is 18.5 Å². The van der Waals surface area contributed by atoms with Gasteiger partial charge in [0.25, 0.3) is 0 Å². The molecule has 4 rings (SSSR count). The molecule has 0 spiro atoms. The van der Waals surface area contributed by atoms with E-state index < -0.39 is 42.5 Å². The van der Waals surface area contributed by atoms with Crippen LogP contribution in [-0.4, -0.2) is 53.3 Å². The fourth-order valence-electron chi connectivity index (χ4n) is 4.05. The monoisotopic (exact) mass is 457 g/mol. The maximum Gasteiger partial charge on any atom is 0.319 e. The van der Waals surface area contributed by atoms with Crippen LogP contribution in [0.3, 0.4) is 0 Å². The molecule has 3 amide bonds. The molecule has 2 heterocycles. The highest BCUT2D eigenvalue weighted by atomic mass is 19.1. The van der Waals surface area contributed by atoms with Crippen molar-refractivity contribution >= 4 is 17.6 Å². The molecule has 0 saturated carbocycles. The van der Waals surface area contributed by atoms with E-state index in [9.17, 15) is 23.5 Å². The molecule has 2 aromatic rings. The summed E-state index contributed by atoms with van der Waals surface area (Å²) < 4.78 is 32.8. The van der Waals surface area contributed by atoms with Gasteiger partial charge in [-0.05, 0) is 29.7 Å². The summed E-state index contributed by atoms with van der Waals surface area (Å²) in [6.07, 6.45) is 2.87. The smallest absolute Gasteiger partial charge is 0.319 e. The average Bonchev–Trinajstić information content (AvgIpc) is 2.82. The quantitative estimate of drug-likeness (QED) is 0.603. The molecule has 7 nitrogen and oxygen atoms in total. The van der Waals surface area contributed by atoms with E-state index >= 15 is 0 Å². The summed E-state index contributed by atoms with van der Waals surface area (Å²) in [5.74, 6) is -1.52. The Bertz CT molecular complexity index is 1060. The minimum Gasteiger partial charge on any atom is -0.394 e. The van der Waals surface area contributed by atoms with Crippen LogP contribution in [0.2, 0.25) is 0 Å². The number of ether oxygens (including phenoxy) is 1. The number of aliphatic hydroxyl groups excluding tert-OH is 1. The lowest BCUT2D eigenvalue weighted by molar-refractivity contribution is -0.136. The summed E-state index contributed by atoms with van der Waals surface area (Å²) in [7, 11) is 0. The largest absolute Gasteiger partial charge is 0.394 e. The maximum absolute atomic E-state index is 13.7. The Hall–Kier alpha value is -3.30. The number of fused-ring (bicyclic) bond motifs is 1. The maximum atomic E-state index is 13.7. The summed E-state index contributed by atoms with van der Waals surface area (Å²) in [5.41, 5.74) is 2.08. The highest BCUT2D eigenvalue weighted by Crippen LogP contribution is 2.22. The molecule has 3 atom stereocenters. The second-order valence-corrected chi connectivity index (χ2v) is 8.07. The van der Waals surface area contributed by atoms with Crippen molar-refractivity contribution in [3.05, 3.63) is 77.4 Å². The molecule has 3 N–H and O–H groups in total. The normalized spacial score (nSPS) is 21.9. The van der Waals surface area contributed by atoms with Crippen LogP contribution in [0.25, 0.3) is 0 Å². The van der Waals surface area contributed by atoms with Gasteiger partial charge in [0, 0.05) is 19.2 Å². The first-order valence-electron chi connectivity index (χ1n) is 10.7. The number of urea groups is 1. The first-order chi connectivity index (χ1) is 15.9. The van der Waals surface area contributed by atoms with Crippen molar-refractivity contribution in [2.45, 2.75) is 37.6 Å². The van der Waals surface area contributed by atoms with Crippen LogP contribution in [0, 0.1) is 11.6 Å². The number of nitrogens with zero attached hydrogens (tertiary/aromatic N) is 1. The molecular weight excluding hydrogens is 432 g/mol. The molecule has 2 aromatic carbocycles. The summed E-state index contributed by atoms with van der Waals surface area (Å²) in [6.45, 7) is 0.790. The standard InChI is InChI=1S/C24H25F2N3O4/c25-17-5-7-19(26)21(11-17)28-24(32)27-20-8-6-18(33-22(20)14-30)12-23(31)29-10-9-15-3-1-2-4-16(15)13-29/h1-8,11,18,20,22,30H,9-10,12-14H2,(H2,27,28,32)/t18-,20-,22+/m1/s1. The zero-order valence-electron chi connectivity index (χ0n) is 17.8. The minimum absolute atomic E-state index is 0.0541. The van der Waals surface area contributed by atoms with Gasteiger partial charge in [0.15, 0.2) is 0 Å². The molecule has 0 saturated heterocycles. The van der Waals surface area contributed by atoms with Crippen molar-refractivity contribution in [1.29, 1.82) is 0 Å². The molecule has 0 fully saturated rings. The predicted octanol–water partition coefficient (Wildman–Crippen LogP) is 2.75. The van der Waals surface area contributed by atoms with E-state index in [-0.39, 0.29) is 18.0 Å². The first-order valence-corrected chi connectivity index (χ1v) is 10.7. The summed E-state index contributed by atoms with van der Waals surface area (Å²) >= 11 is 0. The second kappa shape index (κ2) is 10.1. The van der Waals surface area contributed by atoms with E-state index in [1.54, 1.807) is 17.1 Å². The number of hydrogen-bond acceptors (Lipinski definition) is 4. The van der Waals surface area contributed by atoms with Gasteiger partial charge in [0.1, 0.15) is 17.7 Å². The Morgan fingerprint density at radius 3 is 2.70 bits per heavy atom. The number of anilines is 1. The van der Waals surface area contributed by atoms with Gasteiger partial charge in [-0.25, -0.2) is 13.6 Å². The number of rotatable bonds is 5. The second-order valence-electron chi connectivity index (χ2n) is 8.07. The van der Waals surface area contributed by atoms with Gasteiger partial charge in [-0.3, -0.25) is 4.79 Å². The van der Waals surface area contributed by atoms with Crippen molar-refractivity contribution in [3.63, 3.8) is 0 Å². The molecule has 2 aliphatic rings. The van der Waals surface area contributed by atoms with Crippen LogP contribution >= 0.6 is 0 Å². The third-order valence-electron chi connectivity index (χ3n) is 5.80. The fourth-order valence-corrected chi connectivity index (χ4v) is 4.05. The van der Waals surface area contributed by atoms with E-state index in [4.69, 9.17) is 4.74 Å². The van der Waals surface area contributed by atoms with E-state index in [2.05, 4.69) is 16.7 Å². The van der Waals surface area contributed by atoms with Gasteiger partial charge in [0.2, 0.25) is 5.91 Å². The Balaban J connectivity index is 1.33. The number of aliphatic hydroxyl groups is 1. The third kappa shape index (κ3) is 5.55. The van der Waals surface area contributed by atoms with Crippen LogP contribution in [-0.2, 0) is 22.5 Å². The topological polar surface area (TPSA) is 90.9 Å². The third-order valence-corrected chi connectivity index (χ3v) is 5.80. The van der Waals surface area contributed by atoms with E-state index in [1.807, 2.05) is 18.2 Å². The molecule has 9 heteroatoms. The molecule has 0 bridgehead atoms. The molecule has 0 unspecified atom stereocenters. The van der Waals surface area contributed by atoms with E-state index in [0.717, 1.165) is 30.2 Å². The van der Waals surface area contributed by atoms with Crippen LogP contribution in [0.5, 0.6) is 0 Å². The molecule has 0 aromatic heterocycles. The SMILES string of the molecule is O=C(Nc1cc(F)ccc1F)N[C@@H]1C=C[C@H](CC(=O)N2CCc3ccccc3C2)O[C@H]1CO. The van der Waals surface area contributed by atoms with Crippen molar-refractivity contribution in [2.24, 2.45) is 0 Å². The number of benzene rings is 2.